The van der Waals surface area contributed by atoms with Gasteiger partial charge in [-0.05, 0) is 126 Å². The molecule has 4 aromatic carbocycles. The van der Waals surface area contributed by atoms with Gasteiger partial charge in [0.2, 0.25) is 25.4 Å². The first-order chi connectivity index (χ1) is 44.6. The monoisotopic (exact) mass is 1260 g/mol. The zero-order valence-electron chi connectivity index (χ0n) is 52.0. The summed E-state index contributed by atoms with van der Waals surface area (Å²) in [7, 11) is 0. The Labute approximate surface area is 531 Å². The van der Waals surface area contributed by atoms with Crippen LogP contribution in [0.1, 0.15) is 138 Å². The Hall–Kier alpha value is -9.48. The molecule has 4 fully saturated rings. The zero-order chi connectivity index (χ0) is 63.3. The predicted octanol–water partition coefficient (Wildman–Crippen LogP) is 10.6. The molecule has 6 amide bonds. The number of carbonyl (C=O) groups excluding carboxylic acids is 6. The number of hydrogen-bond donors (Lipinski definition) is 4. The smallest absolute Gasteiger partial charge is 0.410 e. The number of benzene rings is 4. The van der Waals surface area contributed by atoms with E-state index in [1.165, 1.54) is 0 Å². The average molecular weight is 1260 g/mol. The fourth-order valence-corrected chi connectivity index (χ4v) is 14.0. The number of H-pyrrole nitrogens is 2. The van der Waals surface area contributed by atoms with Crippen molar-refractivity contribution >= 4 is 36.2 Å². The number of likely N-dealkylation sites (tertiary alicyclic amines) is 2. The molecule has 24 heteroatoms. The minimum atomic E-state index is -0.914. The van der Waals surface area contributed by atoms with Crippen molar-refractivity contribution in [3.63, 3.8) is 0 Å². The Balaban J connectivity index is 0.653. The van der Waals surface area contributed by atoms with Gasteiger partial charge in [0.1, 0.15) is 48.1 Å². The van der Waals surface area contributed by atoms with Crippen LogP contribution in [0.4, 0.5) is 19.2 Å². The number of carbonyl (C=O) groups is 6. The number of nitrogens with zero attached hydrogens (tertiary/aromatic N) is 6. The van der Waals surface area contributed by atoms with E-state index < -0.39 is 60.7 Å². The molecule has 8 aliphatic rings. The standard InChI is InChI=1S/C68H76N10O14/c1-37(2)59(73-65(81)89-47-9-5-6-10-47)63(79)77-33-49(91-67(83)75-29-43-21-55-56(86-35-85-55)22-44(43)30-75)25-53(77)61-69-27-51(71-61)41-17-13-39(14-18-41)40-15-19-42(20-16-40)52-28-70-62(72-52)54-26-50(92-68(84)76-31-45-23-57-58(88-36-87-57)24-46(45)32-76)34-78(54)64(80)60(38(3)4)74-66(82)90-48-11-7-8-12-48/h13-24,27-28,37-38,47-50,53-54,59-60H,5-12,25-26,29-36H2,1-4H3,(H,69,71)(H,70,72)(H,73,81)(H,74,82)/t49-,50-,53+,54+,59+,60?/m1/s1. The van der Waals surface area contributed by atoms with Gasteiger partial charge in [-0.2, -0.15) is 0 Å². The molecule has 6 atom stereocenters. The quantitative estimate of drug-likeness (QED) is 0.0696. The Bertz CT molecular complexity index is 3470. The van der Waals surface area contributed by atoms with Gasteiger partial charge in [0.05, 0.1) is 42.8 Å². The van der Waals surface area contributed by atoms with Crippen molar-refractivity contribution in [1.82, 2.24) is 50.2 Å². The first-order valence-corrected chi connectivity index (χ1v) is 32.2. The van der Waals surface area contributed by atoms with Gasteiger partial charge < -0.3 is 68.3 Å². The molecule has 2 aliphatic carbocycles. The molecule has 482 valence electrons. The Kier molecular flexibility index (Phi) is 16.5. The number of amides is 6. The van der Waals surface area contributed by atoms with E-state index in [1.807, 2.05) is 100 Å². The maximum atomic E-state index is 14.7. The first-order valence-electron chi connectivity index (χ1n) is 32.2. The Morgan fingerprint density at radius 3 is 1.35 bits per heavy atom. The normalized spacial score (nSPS) is 21.2. The summed E-state index contributed by atoms with van der Waals surface area (Å²) >= 11 is 0. The maximum Gasteiger partial charge on any atom is 0.410 e. The minimum absolute atomic E-state index is 0.0849. The van der Waals surface area contributed by atoms with E-state index in [0.29, 0.717) is 72.2 Å². The van der Waals surface area contributed by atoms with E-state index in [2.05, 4.69) is 20.6 Å². The molecule has 2 aromatic heterocycles. The number of imidazole rings is 2. The van der Waals surface area contributed by atoms with Crippen LogP contribution in [0.2, 0.25) is 0 Å². The lowest BCUT2D eigenvalue weighted by Crippen LogP contribution is -2.52. The van der Waals surface area contributed by atoms with Crippen LogP contribution in [0.5, 0.6) is 23.0 Å². The van der Waals surface area contributed by atoms with Gasteiger partial charge in [-0.3, -0.25) is 19.4 Å². The van der Waals surface area contributed by atoms with Crippen molar-refractivity contribution in [3.8, 4) is 56.6 Å². The van der Waals surface area contributed by atoms with Gasteiger partial charge in [-0.15, -0.1) is 0 Å². The molecule has 0 bridgehead atoms. The second-order valence-electron chi connectivity index (χ2n) is 26.0. The number of hydrogen-bond acceptors (Lipinski definition) is 16. The van der Waals surface area contributed by atoms with Crippen LogP contribution in [0.3, 0.4) is 0 Å². The molecule has 2 saturated carbocycles. The third kappa shape index (κ3) is 12.4. The maximum absolute atomic E-state index is 14.7. The number of fused-ring (bicyclic) bond motifs is 4. The van der Waals surface area contributed by atoms with Crippen molar-refractivity contribution in [3.05, 3.63) is 119 Å². The van der Waals surface area contributed by atoms with E-state index >= 15 is 0 Å². The minimum Gasteiger partial charge on any atom is -0.454 e. The molecule has 4 N–H and O–H groups in total. The summed E-state index contributed by atoms with van der Waals surface area (Å²) in [5.74, 6) is 2.35. The van der Waals surface area contributed by atoms with Crippen molar-refractivity contribution in [2.24, 2.45) is 11.8 Å². The number of aromatic nitrogens is 4. The lowest BCUT2D eigenvalue weighted by molar-refractivity contribution is -0.136. The van der Waals surface area contributed by atoms with E-state index in [4.69, 9.17) is 47.9 Å². The highest BCUT2D eigenvalue weighted by atomic mass is 16.7. The van der Waals surface area contributed by atoms with E-state index in [1.54, 1.807) is 32.0 Å². The average Bonchev–Trinajstić information content (AvgIpc) is 1.71. The van der Waals surface area contributed by atoms with Crippen LogP contribution in [-0.4, -0.2) is 139 Å². The van der Waals surface area contributed by atoms with Crippen LogP contribution >= 0.6 is 0 Å². The number of rotatable bonds is 15. The molecule has 0 spiro atoms. The first kappa shape index (κ1) is 60.1. The largest absolute Gasteiger partial charge is 0.454 e. The third-order valence-corrected chi connectivity index (χ3v) is 19.1. The fraction of sp³-hybridized carbons (Fsp3) is 0.471. The second kappa shape index (κ2) is 25.3. The molecule has 2 saturated heterocycles. The highest BCUT2D eigenvalue weighted by Gasteiger charge is 2.46. The molecule has 6 aromatic rings. The Morgan fingerprint density at radius 1 is 0.522 bits per heavy atom. The van der Waals surface area contributed by atoms with Crippen molar-refractivity contribution in [2.45, 2.75) is 167 Å². The lowest BCUT2D eigenvalue weighted by Gasteiger charge is -2.30. The number of ether oxygens (including phenoxy) is 8. The summed E-state index contributed by atoms with van der Waals surface area (Å²) in [6.07, 6.45) is 7.19. The lowest BCUT2D eigenvalue weighted by atomic mass is 10.0. The molecule has 24 nitrogen and oxygen atoms in total. The molecule has 8 heterocycles. The van der Waals surface area contributed by atoms with Crippen LogP contribution in [-0.2, 0) is 54.7 Å². The Morgan fingerprint density at radius 2 is 0.924 bits per heavy atom. The van der Waals surface area contributed by atoms with Gasteiger partial charge in [0.15, 0.2) is 23.0 Å². The van der Waals surface area contributed by atoms with E-state index in [-0.39, 0.29) is 75.4 Å². The van der Waals surface area contributed by atoms with Crippen molar-refractivity contribution < 1.29 is 66.7 Å². The summed E-state index contributed by atoms with van der Waals surface area (Å²) in [6.45, 7) is 9.34. The summed E-state index contributed by atoms with van der Waals surface area (Å²) in [5.41, 5.74) is 8.76. The number of alkyl carbamates (subject to hydrolysis) is 2. The van der Waals surface area contributed by atoms with Gasteiger partial charge in [0, 0.05) is 50.8 Å². The summed E-state index contributed by atoms with van der Waals surface area (Å²) in [5, 5.41) is 5.74. The molecule has 14 rings (SSSR count). The van der Waals surface area contributed by atoms with Crippen LogP contribution in [0, 0.1) is 11.8 Å². The second-order valence-corrected chi connectivity index (χ2v) is 26.0. The van der Waals surface area contributed by atoms with Gasteiger partial charge in [0.25, 0.3) is 0 Å². The van der Waals surface area contributed by atoms with Crippen LogP contribution in [0.25, 0.3) is 33.6 Å². The molecule has 6 aliphatic heterocycles. The SMILES string of the molecule is CC(C)C(NC(=O)OC1CCCC1)C(=O)N1C[C@H](OC(=O)N2Cc3cc4c(cc3C2)OCO4)C[C@H]1c1nc(-c2ccc(-c3ccc(-c4cnc([C@@H]5C[C@@H](OC(=O)N6Cc7cc8c(cc7C6)OCO8)CN5C(=O)[C@@H](NC(=O)OC5CCCC5)C(C)C)[nH]4)cc3)cc2)c[nH]1. The predicted molar refractivity (Wildman–Crippen MR) is 330 cm³/mol. The molecule has 0 radical (unpaired) electrons. The van der Waals surface area contributed by atoms with Crippen LogP contribution in [0.15, 0.2) is 85.2 Å². The zero-order valence-corrected chi connectivity index (χ0v) is 52.0. The van der Waals surface area contributed by atoms with Crippen molar-refractivity contribution in [1.29, 1.82) is 0 Å². The number of nitrogens with one attached hydrogen (secondary N) is 4. The number of aromatic amines is 2. The molecule has 1 unspecified atom stereocenters. The van der Waals surface area contributed by atoms with E-state index in [0.717, 1.165) is 95.9 Å². The highest BCUT2D eigenvalue weighted by Crippen LogP contribution is 2.42. The molecular weight excluding hydrogens is 1180 g/mol. The van der Waals surface area contributed by atoms with Gasteiger partial charge in [-0.1, -0.05) is 76.2 Å². The highest BCUT2D eigenvalue weighted by molar-refractivity contribution is 5.88. The third-order valence-electron chi connectivity index (χ3n) is 19.1. The summed E-state index contributed by atoms with van der Waals surface area (Å²) in [6, 6.07) is 20.6. The topological polar surface area (TPSA) is 271 Å². The van der Waals surface area contributed by atoms with Gasteiger partial charge >= 0.3 is 24.4 Å². The van der Waals surface area contributed by atoms with Crippen LogP contribution < -0.4 is 29.6 Å². The molecular formula is C68H76N10O14. The van der Waals surface area contributed by atoms with Crippen molar-refractivity contribution in [2.75, 3.05) is 26.7 Å². The summed E-state index contributed by atoms with van der Waals surface area (Å²) in [4.78, 5) is 107. The fourth-order valence-electron chi connectivity index (χ4n) is 14.0. The molecule has 92 heavy (non-hydrogen) atoms. The van der Waals surface area contributed by atoms with Gasteiger partial charge in [-0.25, -0.2) is 29.1 Å². The van der Waals surface area contributed by atoms with E-state index in [9.17, 15) is 28.8 Å². The summed E-state index contributed by atoms with van der Waals surface area (Å²) < 4.78 is 46.2.